The van der Waals surface area contributed by atoms with Crippen LogP contribution < -0.4 is 4.74 Å². The van der Waals surface area contributed by atoms with Crippen LogP contribution in [0.4, 0.5) is 0 Å². The third-order valence-corrected chi connectivity index (χ3v) is 6.76. The standard InChI is InChI=1S/C20H26N4O5S/c1-2-15(24-17(25)5-6-18(24)26)20(28)23-13-3-4-14(23)11-22(9-7-13)19(27)12-29-16-8-10-30-21-16/h8,10,13-15H,2-7,9,11-12H2,1H3. The number of rotatable bonds is 6. The van der Waals surface area contributed by atoms with Crippen molar-refractivity contribution < 1.29 is 23.9 Å². The van der Waals surface area contributed by atoms with Crippen molar-refractivity contribution in [3.63, 3.8) is 0 Å². The molecule has 1 aromatic heterocycles. The van der Waals surface area contributed by atoms with E-state index in [1.807, 2.05) is 11.8 Å². The zero-order valence-electron chi connectivity index (χ0n) is 17.0. The number of ether oxygens (including phenoxy) is 1. The van der Waals surface area contributed by atoms with Crippen molar-refractivity contribution in [3.8, 4) is 5.88 Å². The minimum Gasteiger partial charge on any atom is -0.467 e. The fourth-order valence-electron chi connectivity index (χ4n) is 4.74. The topological polar surface area (TPSA) is 100 Å². The van der Waals surface area contributed by atoms with E-state index in [2.05, 4.69) is 4.37 Å². The lowest BCUT2D eigenvalue weighted by molar-refractivity contribution is -0.152. The van der Waals surface area contributed by atoms with E-state index in [9.17, 15) is 19.2 Å². The summed E-state index contributed by atoms with van der Waals surface area (Å²) >= 11 is 1.26. The van der Waals surface area contributed by atoms with Gasteiger partial charge in [-0.15, -0.1) is 0 Å². The van der Waals surface area contributed by atoms with Gasteiger partial charge in [-0.3, -0.25) is 24.1 Å². The summed E-state index contributed by atoms with van der Waals surface area (Å²) in [5.41, 5.74) is 0. The Bertz CT molecular complexity index is 813. The van der Waals surface area contributed by atoms with Crippen molar-refractivity contribution >= 4 is 35.2 Å². The molecule has 0 spiro atoms. The Morgan fingerprint density at radius 3 is 2.60 bits per heavy atom. The number of amides is 4. The third-order valence-electron chi connectivity index (χ3n) is 6.22. The molecular weight excluding hydrogens is 408 g/mol. The van der Waals surface area contributed by atoms with E-state index in [1.165, 1.54) is 11.5 Å². The van der Waals surface area contributed by atoms with E-state index >= 15 is 0 Å². The van der Waals surface area contributed by atoms with Crippen molar-refractivity contribution in [3.05, 3.63) is 11.4 Å². The number of fused-ring (bicyclic) bond motifs is 2. The molecule has 3 aliphatic rings. The van der Waals surface area contributed by atoms with Crippen LogP contribution in [-0.4, -0.2) is 80.5 Å². The highest BCUT2D eigenvalue weighted by molar-refractivity contribution is 7.03. The molecule has 3 atom stereocenters. The Labute approximate surface area is 179 Å². The van der Waals surface area contributed by atoms with Gasteiger partial charge in [0.25, 0.3) is 5.91 Å². The van der Waals surface area contributed by atoms with Crippen molar-refractivity contribution in [2.24, 2.45) is 0 Å². The Morgan fingerprint density at radius 2 is 1.93 bits per heavy atom. The number of nitrogens with zero attached hydrogens (tertiary/aromatic N) is 4. The van der Waals surface area contributed by atoms with E-state index in [1.54, 1.807) is 16.3 Å². The first-order valence-corrected chi connectivity index (χ1v) is 11.3. The number of imide groups is 1. The summed E-state index contributed by atoms with van der Waals surface area (Å²) in [5, 5.41) is 1.79. The predicted molar refractivity (Wildman–Crippen MR) is 108 cm³/mol. The van der Waals surface area contributed by atoms with E-state index in [0.717, 1.165) is 17.7 Å². The molecule has 162 valence electrons. The number of likely N-dealkylation sites (tertiary alicyclic amines) is 2. The molecule has 30 heavy (non-hydrogen) atoms. The summed E-state index contributed by atoms with van der Waals surface area (Å²) in [7, 11) is 0. The average Bonchev–Trinajstić information content (AvgIpc) is 3.42. The van der Waals surface area contributed by atoms with Crippen LogP contribution in [-0.2, 0) is 19.2 Å². The summed E-state index contributed by atoms with van der Waals surface area (Å²) in [6.45, 7) is 2.75. The SMILES string of the molecule is CCC(C(=O)N1C2CCC1CN(C(=O)COc1ccsn1)CC2)N1C(=O)CCC1=O. The van der Waals surface area contributed by atoms with Gasteiger partial charge in [-0.2, -0.15) is 4.37 Å². The summed E-state index contributed by atoms with van der Waals surface area (Å²) < 4.78 is 9.49. The highest BCUT2D eigenvalue weighted by Crippen LogP contribution is 2.32. The number of carbonyl (C=O) groups is 4. The van der Waals surface area contributed by atoms with E-state index in [4.69, 9.17) is 4.74 Å². The molecule has 3 unspecified atom stereocenters. The van der Waals surface area contributed by atoms with Crippen LogP contribution in [0.3, 0.4) is 0 Å². The van der Waals surface area contributed by atoms with Crippen LogP contribution in [0.2, 0.25) is 0 Å². The fourth-order valence-corrected chi connectivity index (χ4v) is 5.20. The minimum absolute atomic E-state index is 0.0293. The van der Waals surface area contributed by atoms with Crippen molar-refractivity contribution in [1.82, 2.24) is 19.1 Å². The van der Waals surface area contributed by atoms with E-state index in [0.29, 0.717) is 31.8 Å². The van der Waals surface area contributed by atoms with Crippen LogP contribution in [0, 0.1) is 0 Å². The largest absolute Gasteiger partial charge is 0.467 e. The summed E-state index contributed by atoms with van der Waals surface area (Å²) in [4.78, 5) is 55.2. The maximum atomic E-state index is 13.4. The molecule has 0 radical (unpaired) electrons. The number of hydrogen-bond acceptors (Lipinski definition) is 7. The van der Waals surface area contributed by atoms with Crippen LogP contribution in [0.1, 0.15) is 45.4 Å². The molecule has 0 N–H and O–H groups in total. The lowest BCUT2D eigenvalue weighted by Gasteiger charge is -2.34. The molecule has 3 saturated heterocycles. The predicted octanol–water partition coefficient (Wildman–Crippen LogP) is 1.04. The van der Waals surface area contributed by atoms with Crippen molar-refractivity contribution in [2.75, 3.05) is 19.7 Å². The normalized spacial score (nSPS) is 24.9. The quantitative estimate of drug-likeness (QED) is 0.621. The van der Waals surface area contributed by atoms with E-state index in [-0.39, 0.29) is 55.2 Å². The Balaban J connectivity index is 1.43. The molecule has 10 heteroatoms. The molecule has 4 rings (SSSR count). The monoisotopic (exact) mass is 434 g/mol. The first-order valence-electron chi connectivity index (χ1n) is 10.5. The minimum atomic E-state index is -0.745. The maximum absolute atomic E-state index is 13.4. The van der Waals surface area contributed by atoms with Crippen LogP contribution in [0.5, 0.6) is 5.88 Å². The molecule has 1 aromatic rings. The first-order chi connectivity index (χ1) is 14.5. The van der Waals surface area contributed by atoms with Gasteiger partial charge in [-0.1, -0.05) is 6.92 Å². The second-order valence-electron chi connectivity index (χ2n) is 7.97. The van der Waals surface area contributed by atoms with Crippen LogP contribution in [0.25, 0.3) is 0 Å². The van der Waals surface area contributed by atoms with Gasteiger partial charge >= 0.3 is 0 Å². The van der Waals surface area contributed by atoms with E-state index < -0.39 is 6.04 Å². The molecule has 4 heterocycles. The maximum Gasteiger partial charge on any atom is 0.260 e. The Kier molecular flexibility index (Phi) is 6.03. The van der Waals surface area contributed by atoms with Crippen LogP contribution >= 0.6 is 11.5 Å². The molecule has 3 aliphatic heterocycles. The Morgan fingerprint density at radius 1 is 1.20 bits per heavy atom. The van der Waals surface area contributed by atoms with Crippen molar-refractivity contribution in [2.45, 2.75) is 63.6 Å². The molecule has 0 aliphatic carbocycles. The molecule has 0 saturated carbocycles. The van der Waals surface area contributed by atoms with Gasteiger partial charge in [0, 0.05) is 49.5 Å². The highest BCUT2D eigenvalue weighted by atomic mass is 32.1. The smallest absolute Gasteiger partial charge is 0.260 e. The van der Waals surface area contributed by atoms with Gasteiger partial charge in [0.15, 0.2) is 6.61 Å². The number of aromatic nitrogens is 1. The molecule has 9 nitrogen and oxygen atoms in total. The lowest BCUT2D eigenvalue weighted by atomic mass is 10.1. The summed E-state index contributed by atoms with van der Waals surface area (Å²) in [6, 6.07) is 0.900. The molecular formula is C20H26N4O5S. The van der Waals surface area contributed by atoms with Gasteiger partial charge < -0.3 is 14.5 Å². The summed E-state index contributed by atoms with van der Waals surface area (Å²) in [5.74, 6) is -0.384. The number of hydrogen-bond donors (Lipinski definition) is 0. The molecule has 2 bridgehead atoms. The second-order valence-corrected chi connectivity index (χ2v) is 8.63. The zero-order valence-corrected chi connectivity index (χ0v) is 17.8. The van der Waals surface area contributed by atoms with Gasteiger partial charge in [0.2, 0.25) is 23.6 Å². The molecule has 4 amide bonds. The van der Waals surface area contributed by atoms with Crippen LogP contribution in [0.15, 0.2) is 11.4 Å². The molecule has 3 fully saturated rings. The first kappa shape index (κ1) is 20.8. The second kappa shape index (κ2) is 8.71. The third kappa shape index (κ3) is 3.92. The lowest BCUT2D eigenvalue weighted by Crippen LogP contribution is -2.54. The van der Waals surface area contributed by atoms with Gasteiger partial charge in [-0.25, -0.2) is 0 Å². The summed E-state index contributed by atoms with van der Waals surface area (Å²) in [6.07, 6.45) is 3.13. The van der Waals surface area contributed by atoms with Gasteiger partial charge in [-0.05, 0) is 37.2 Å². The molecule has 0 aromatic carbocycles. The van der Waals surface area contributed by atoms with Gasteiger partial charge in [0.05, 0.1) is 0 Å². The number of carbonyl (C=O) groups excluding carboxylic acids is 4. The Hall–Kier alpha value is -2.49. The van der Waals surface area contributed by atoms with Gasteiger partial charge in [0.1, 0.15) is 6.04 Å². The van der Waals surface area contributed by atoms with Crippen molar-refractivity contribution in [1.29, 1.82) is 0 Å². The fraction of sp³-hybridized carbons (Fsp3) is 0.650. The average molecular weight is 435 g/mol. The highest BCUT2D eigenvalue weighted by Gasteiger charge is 2.46. The zero-order chi connectivity index (χ0) is 21.3.